The van der Waals surface area contributed by atoms with Gasteiger partial charge in [0.25, 0.3) is 0 Å². The van der Waals surface area contributed by atoms with Crippen LogP contribution in [0.3, 0.4) is 0 Å². The number of pyridine rings is 1. The minimum Gasteiger partial charge on any atom is -0.347 e. The highest BCUT2D eigenvalue weighted by molar-refractivity contribution is 5.81. The first-order valence-electron chi connectivity index (χ1n) is 6.65. The van der Waals surface area contributed by atoms with E-state index >= 15 is 0 Å². The molecule has 1 saturated heterocycles. The third-order valence-electron chi connectivity index (χ3n) is 3.60. The molecule has 0 aliphatic carbocycles. The van der Waals surface area contributed by atoms with E-state index in [4.69, 9.17) is 0 Å². The van der Waals surface area contributed by atoms with Gasteiger partial charge in [0.15, 0.2) is 0 Å². The summed E-state index contributed by atoms with van der Waals surface area (Å²) in [6, 6.07) is 1.93. The van der Waals surface area contributed by atoms with Crippen molar-refractivity contribution in [1.82, 2.24) is 20.1 Å². The molecule has 2 rings (SSSR count). The number of rotatable bonds is 3. The average molecular weight is 262 g/mol. The Morgan fingerprint density at radius 2 is 2.37 bits per heavy atom. The van der Waals surface area contributed by atoms with Crippen molar-refractivity contribution in [3.8, 4) is 0 Å². The third-order valence-corrected chi connectivity index (χ3v) is 3.60. The Balaban J connectivity index is 2.12. The van der Waals surface area contributed by atoms with Crippen LogP contribution in [0.4, 0.5) is 0 Å². The smallest absolute Gasteiger partial charge is 0.240 e. The molecule has 0 aromatic carbocycles. The van der Waals surface area contributed by atoms with Gasteiger partial charge in [-0.15, -0.1) is 0 Å². The lowest BCUT2D eigenvalue weighted by molar-refractivity contribution is -0.135. The molecular formula is C14H22N4O. The zero-order valence-corrected chi connectivity index (χ0v) is 11.9. The van der Waals surface area contributed by atoms with Crippen LogP contribution in [0.15, 0.2) is 18.5 Å². The molecule has 104 valence electrons. The van der Waals surface area contributed by atoms with Crippen molar-refractivity contribution in [3.05, 3.63) is 29.6 Å². The second kappa shape index (κ2) is 6.12. The van der Waals surface area contributed by atoms with Gasteiger partial charge in [0.2, 0.25) is 5.91 Å². The normalized spacial score (nSPS) is 20.3. The molecule has 1 aromatic rings. The molecule has 0 spiro atoms. The maximum absolute atomic E-state index is 12.2. The Bertz CT molecular complexity index is 447. The molecule has 0 saturated carbocycles. The number of amides is 1. The first-order valence-corrected chi connectivity index (χ1v) is 6.65. The predicted molar refractivity (Wildman–Crippen MR) is 74.7 cm³/mol. The number of carbonyl (C=O) groups excluding carboxylic acids is 1. The number of aryl methyl sites for hydroxylation is 1. The third kappa shape index (κ3) is 3.30. The molecule has 2 heterocycles. The van der Waals surface area contributed by atoms with Crippen LogP contribution in [0.1, 0.15) is 11.1 Å². The first kappa shape index (κ1) is 14.0. The molecule has 0 bridgehead atoms. The molecule has 1 aliphatic rings. The summed E-state index contributed by atoms with van der Waals surface area (Å²) in [4.78, 5) is 20.3. The number of hydrogen-bond acceptors (Lipinski definition) is 4. The quantitative estimate of drug-likeness (QED) is 0.848. The van der Waals surface area contributed by atoms with Crippen LogP contribution < -0.4 is 5.32 Å². The maximum Gasteiger partial charge on any atom is 0.240 e. The van der Waals surface area contributed by atoms with Crippen molar-refractivity contribution in [1.29, 1.82) is 0 Å². The van der Waals surface area contributed by atoms with Gasteiger partial charge in [-0.2, -0.15) is 0 Å². The largest absolute Gasteiger partial charge is 0.347 e. The Hall–Kier alpha value is -1.46. The van der Waals surface area contributed by atoms with Gasteiger partial charge < -0.3 is 10.2 Å². The summed E-state index contributed by atoms with van der Waals surface area (Å²) in [6.07, 6.45) is 3.70. The molecule has 5 nitrogen and oxygen atoms in total. The van der Waals surface area contributed by atoms with Gasteiger partial charge in [-0.3, -0.25) is 14.7 Å². The molecule has 1 atom stereocenters. The highest BCUT2D eigenvalue weighted by atomic mass is 16.2. The Morgan fingerprint density at radius 1 is 1.58 bits per heavy atom. The summed E-state index contributed by atoms with van der Waals surface area (Å²) in [5, 5.41) is 3.30. The molecule has 1 fully saturated rings. The van der Waals surface area contributed by atoms with Crippen molar-refractivity contribution in [2.45, 2.75) is 19.5 Å². The summed E-state index contributed by atoms with van der Waals surface area (Å²) in [5.74, 6) is 0.161. The average Bonchev–Trinajstić information content (AvgIpc) is 2.41. The number of nitrogens with zero attached hydrogens (tertiary/aromatic N) is 3. The fourth-order valence-corrected chi connectivity index (χ4v) is 2.36. The predicted octanol–water partition coefficient (Wildman–Crippen LogP) is 0.252. The van der Waals surface area contributed by atoms with Crippen molar-refractivity contribution in [3.63, 3.8) is 0 Å². The number of piperazine rings is 1. The molecule has 19 heavy (non-hydrogen) atoms. The monoisotopic (exact) mass is 262 g/mol. The first-order chi connectivity index (χ1) is 9.09. The van der Waals surface area contributed by atoms with E-state index in [0.717, 1.165) is 26.2 Å². The molecule has 5 heteroatoms. The SMILES string of the molecule is Cc1ccncc1CN1CCNCC1C(=O)N(C)C. The lowest BCUT2D eigenvalue weighted by atomic mass is 10.1. The Kier molecular flexibility index (Phi) is 4.50. The molecule has 1 amide bonds. The molecular weight excluding hydrogens is 240 g/mol. The second-order valence-corrected chi connectivity index (χ2v) is 5.23. The minimum atomic E-state index is -0.0802. The lowest BCUT2D eigenvalue weighted by Gasteiger charge is -2.36. The fraction of sp³-hybridized carbons (Fsp3) is 0.571. The number of aromatic nitrogens is 1. The lowest BCUT2D eigenvalue weighted by Crippen LogP contribution is -2.57. The number of likely N-dealkylation sites (N-methyl/N-ethyl adjacent to an activating group) is 1. The Labute approximate surface area is 114 Å². The van der Waals surface area contributed by atoms with Crippen molar-refractivity contribution < 1.29 is 4.79 Å². The highest BCUT2D eigenvalue weighted by Gasteiger charge is 2.29. The summed E-state index contributed by atoms with van der Waals surface area (Å²) in [6.45, 7) is 5.40. The second-order valence-electron chi connectivity index (χ2n) is 5.23. The van der Waals surface area contributed by atoms with Gasteiger partial charge in [0.05, 0.1) is 0 Å². The zero-order chi connectivity index (χ0) is 13.8. The van der Waals surface area contributed by atoms with Crippen molar-refractivity contribution in [2.24, 2.45) is 0 Å². The number of carbonyl (C=O) groups is 1. The van der Waals surface area contributed by atoms with Crippen LogP contribution in [-0.2, 0) is 11.3 Å². The van der Waals surface area contributed by atoms with Gasteiger partial charge in [0, 0.05) is 52.7 Å². The molecule has 1 aliphatic heterocycles. The maximum atomic E-state index is 12.2. The standard InChI is InChI=1S/C14H22N4O/c1-11-4-5-15-8-12(11)10-18-7-6-16-9-13(18)14(19)17(2)3/h4-5,8,13,16H,6-7,9-10H2,1-3H3. The minimum absolute atomic E-state index is 0.0802. The Morgan fingerprint density at radius 3 is 3.05 bits per heavy atom. The summed E-state index contributed by atoms with van der Waals surface area (Å²) >= 11 is 0. The topological polar surface area (TPSA) is 48.5 Å². The van der Waals surface area contributed by atoms with E-state index in [1.54, 1.807) is 11.1 Å². The van der Waals surface area contributed by atoms with Crippen LogP contribution in [0.2, 0.25) is 0 Å². The van der Waals surface area contributed by atoms with Gasteiger partial charge in [-0.1, -0.05) is 0 Å². The van der Waals surface area contributed by atoms with E-state index in [2.05, 4.69) is 22.1 Å². The van der Waals surface area contributed by atoms with E-state index in [0.29, 0.717) is 0 Å². The fourth-order valence-electron chi connectivity index (χ4n) is 2.36. The molecule has 1 N–H and O–H groups in total. The molecule has 0 radical (unpaired) electrons. The van der Waals surface area contributed by atoms with Crippen LogP contribution >= 0.6 is 0 Å². The van der Waals surface area contributed by atoms with E-state index in [1.165, 1.54) is 11.1 Å². The van der Waals surface area contributed by atoms with E-state index in [1.807, 2.05) is 26.4 Å². The van der Waals surface area contributed by atoms with Gasteiger partial charge in [0.1, 0.15) is 6.04 Å². The number of hydrogen-bond donors (Lipinski definition) is 1. The van der Waals surface area contributed by atoms with Crippen molar-refractivity contribution >= 4 is 5.91 Å². The summed E-state index contributed by atoms with van der Waals surface area (Å²) in [7, 11) is 3.62. The van der Waals surface area contributed by atoms with Crippen molar-refractivity contribution in [2.75, 3.05) is 33.7 Å². The summed E-state index contributed by atoms with van der Waals surface area (Å²) in [5.41, 5.74) is 2.42. The van der Waals surface area contributed by atoms with Crippen LogP contribution in [-0.4, -0.2) is 60.5 Å². The van der Waals surface area contributed by atoms with Crippen LogP contribution in [0, 0.1) is 6.92 Å². The zero-order valence-electron chi connectivity index (χ0n) is 11.9. The number of nitrogens with one attached hydrogen (secondary N) is 1. The van der Waals surface area contributed by atoms with Gasteiger partial charge in [-0.25, -0.2) is 0 Å². The van der Waals surface area contributed by atoms with Crippen LogP contribution in [0.25, 0.3) is 0 Å². The summed E-state index contributed by atoms with van der Waals surface area (Å²) < 4.78 is 0. The molecule has 1 aromatic heterocycles. The van der Waals surface area contributed by atoms with Crippen LogP contribution in [0.5, 0.6) is 0 Å². The molecule has 1 unspecified atom stereocenters. The van der Waals surface area contributed by atoms with E-state index in [-0.39, 0.29) is 11.9 Å². The van der Waals surface area contributed by atoms with Gasteiger partial charge in [-0.05, 0) is 24.1 Å². The van der Waals surface area contributed by atoms with E-state index < -0.39 is 0 Å². The van der Waals surface area contributed by atoms with Gasteiger partial charge >= 0.3 is 0 Å². The van der Waals surface area contributed by atoms with E-state index in [9.17, 15) is 4.79 Å². The highest BCUT2D eigenvalue weighted by Crippen LogP contribution is 2.14.